The molecule has 54 valence electrons. The molecule has 2 nitrogen and oxygen atoms in total. The first kappa shape index (κ1) is 7.03. The van der Waals surface area contributed by atoms with Gasteiger partial charge in [0.15, 0.2) is 0 Å². The number of hydrogen-bond donors (Lipinski definition) is 2. The van der Waals surface area contributed by atoms with Crippen molar-refractivity contribution in [3.05, 3.63) is 0 Å². The van der Waals surface area contributed by atoms with Gasteiger partial charge in [0.05, 0.1) is 0 Å². The highest BCUT2D eigenvalue weighted by molar-refractivity contribution is 4.73. The molecule has 0 aromatic rings. The highest BCUT2D eigenvalue weighted by Gasteiger charge is 2.11. The van der Waals surface area contributed by atoms with E-state index in [1.54, 1.807) is 0 Å². The Kier molecular flexibility index (Phi) is 3.01. The fraction of sp³-hybridized carbons (Fsp3) is 1.00. The summed E-state index contributed by atoms with van der Waals surface area (Å²) in [6.45, 7) is 2.06. The summed E-state index contributed by atoms with van der Waals surface area (Å²) in [5.74, 6) is 0. The zero-order valence-electron chi connectivity index (χ0n) is 5.90. The van der Waals surface area contributed by atoms with E-state index in [-0.39, 0.29) is 0 Å². The molecule has 0 radical (unpaired) electrons. The van der Waals surface area contributed by atoms with Gasteiger partial charge in [0.25, 0.3) is 0 Å². The second-order valence-electron chi connectivity index (χ2n) is 2.72. The van der Waals surface area contributed by atoms with Crippen molar-refractivity contribution in [1.82, 2.24) is 5.32 Å². The Bertz CT molecular complexity index is 67.3. The molecule has 1 fully saturated rings. The SMILES string of the molecule is NCCC[C@H]1CCCN1. The minimum absolute atomic E-state index is 0.786. The summed E-state index contributed by atoms with van der Waals surface area (Å²) in [4.78, 5) is 0. The van der Waals surface area contributed by atoms with Crippen LogP contribution >= 0.6 is 0 Å². The average Bonchev–Trinajstić information content (AvgIpc) is 2.34. The Morgan fingerprint density at radius 3 is 3.00 bits per heavy atom. The van der Waals surface area contributed by atoms with Crippen LogP contribution in [0.5, 0.6) is 0 Å². The van der Waals surface area contributed by atoms with Crippen molar-refractivity contribution in [2.45, 2.75) is 31.7 Å². The molecule has 9 heavy (non-hydrogen) atoms. The van der Waals surface area contributed by atoms with E-state index in [1.165, 1.54) is 32.2 Å². The van der Waals surface area contributed by atoms with E-state index in [4.69, 9.17) is 5.73 Å². The molecule has 0 unspecified atom stereocenters. The fourth-order valence-electron chi connectivity index (χ4n) is 1.37. The lowest BCUT2D eigenvalue weighted by molar-refractivity contribution is 0.540. The van der Waals surface area contributed by atoms with Gasteiger partial charge in [0.1, 0.15) is 0 Å². The summed E-state index contributed by atoms with van der Waals surface area (Å²) in [5.41, 5.74) is 5.38. The molecular formula is C7H16N2. The fourth-order valence-corrected chi connectivity index (χ4v) is 1.37. The first-order valence-corrected chi connectivity index (χ1v) is 3.87. The molecule has 1 aliphatic rings. The van der Waals surface area contributed by atoms with Gasteiger partial charge < -0.3 is 11.1 Å². The Morgan fingerprint density at radius 1 is 1.56 bits per heavy atom. The van der Waals surface area contributed by atoms with Gasteiger partial charge in [-0.15, -0.1) is 0 Å². The van der Waals surface area contributed by atoms with E-state index in [1.807, 2.05) is 0 Å². The van der Waals surface area contributed by atoms with E-state index in [9.17, 15) is 0 Å². The molecule has 3 N–H and O–H groups in total. The first-order valence-electron chi connectivity index (χ1n) is 3.87. The van der Waals surface area contributed by atoms with Gasteiger partial charge >= 0.3 is 0 Å². The summed E-state index contributed by atoms with van der Waals surface area (Å²) >= 11 is 0. The zero-order chi connectivity index (χ0) is 6.53. The van der Waals surface area contributed by atoms with Gasteiger partial charge in [-0.1, -0.05) is 0 Å². The van der Waals surface area contributed by atoms with Crippen molar-refractivity contribution < 1.29 is 0 Å². The Balaban J connectivity index is 1.98. The van der Waals surface area contributed by atoms with Crippen molar-refractivity contribution in [2.75, 3.05) is 13.1 Å². The summed E-state index contributed by atoms with van der Waals surface area (Å²) in [7, 11) is 0. The number of nitrogens with two attached hydrogens (primary N) is 1. The number of hydrogen-bond acceptors (Lipinski definition) is 2. The minimum Gasteiger partial charge on any atom is -0.330 e. The molecule has 0 aromatic heterocycles. The molecule has 1 rings (SSSR count). The van der Waals surface area contributed by atoms with E-state index in [2.05, 4.69) is 5.32 Å². The van der Waals surface area contributed by atoms with Crippen LogP contribution in [0.25, 0.3) is 0 Å². The van der Waals surface area contributed by atoms with Gasteiger partial charge in [-0.25, -0.2) is 0 Å². The maximum Gasteiger partial charge on any atom is 0.00680 e. The van der Waals surface area contributed by atoms with Gasteiger partial charge in [-0.05, 0) is 38.8 Å². The summed E-state index contributed by atoms with van der Waals surface area (Å²) < 4.78 is 0. The van der Waals surface area contributed by atoms with Crippen molar-refractivity contribution >= 4 is 0 Å². The molecular weight excluding hydrogens is 112 g/mol. The Morgan fingerprint density at radius 2 is 2.44 bits per heavy atom. The highest BCUT2D eigenvalue weighted by atomic mass is 14.9. The molecule has 1 aliphatic heterocycles. The van der Waals surface area contributed by atoms with Crippen molar-refractivity contribution in [2.24, 2.45) is 5.73 Å². The maximum atomic E-state index is 5.38. The molecule has 0 amide bonds. The van der Waals surface area contributed by atoms with E-state index in [0.29, 0.717) is 0 Å². The second kappa shape index (κ2) is 3.85. The topological polar surface area (TPSA) is 38.0 Å². The average molecular weight is 128 g/mol. The van der Waals surface area contributed by atoms with Crippen molar-refractivity contribution in [3.63, 3.8) is 0 Å². The molecule has 0 bridgehead atoms. The molecule has 1 heterocycles. The summed E-state index contributed by atoms with van der Waals surface area (Å²) in [6.07, 6.45) is 5.17. The molecule has 0 aliphatic carbocycles. The predicted molar refractivity (Wildman–Crippen MR) is 39.3 cm³/mol. The van der Waals surface area contributed by atoms with Gasteiger partial charge in [0.2, 0.25) is 0 Å². The standard InChI is InChI=1S/C7H16N2/c8-5-1-3-7-4-2-6-9-7/h7,9H,1-6,8H2/t7-/m0/s1. The maximum absolute atomic E-state index is 5.38. The smallest absolute Gasteiger partial charge is 0.00680 e. The van der Waals surface area contributed by atoms with Crippen LogP contribution in [0.15, 0.2) is 0 Å². The van der Waals surface area contributed by atoms with Crippen LogP contribution < -0.4 is 11.1 Å². The van der Waals surface area contributed by atoms with E-state index in [0.717, 1.165) is 12.6 Å². The van der Waals surface area contributed by atoms with Crippen molar-refractivity contribution in [1.29, 1.82) is 0 Å². The normalized spacial score (nSPS) is 27.0. The Labute approximate surface area is 56.8 Å². The van der Waals surface area contributed by atoms with Crippen LogP contribution in [0.3, 0.4) is 0 Å². The number of rotatable bonds is 3. The van der Waals surface area contributed by atoms with Crippen LogP contribution in [0.2, 0.25) is 0 Å². The highest BCUT2D eigenvalue weighted by Crippen LogP contribution is 2.09. The minimum atomic E-state index is 0.786. The first-order chi connectivity index (χ1) is 4.43. The predicted octanol–water partition coefficient (Wildman–Crippen LogP) is 0.477. The molecule has 0 aromatic carbocycles. The van der Waals surface area contributed by atoms with E-state index < -0.39 is 0 Å². The summed E-state index contributed by atoms with van der Waals surface area (Å²) in [5, 5.41) is 3.44. The van der Waals surface area contributed by atoms with Gasteiger partial charge in [-0.3, -0.25) is 0 Å². The monoisotopic (exact) mass is 128 g/mol. The van der Waals surface area contributed by atoms with Gasteiger partial charge in [0, 0.05) is 6.04 Å². The molecule has 0 saturated carbocycles. The van der Waals surface area contributed by atoms with Crippen LogP contribution in [-0.2, 0) is 0 Å². The van der Waals surface area contributed by atoms with Gasteiger partial charge in [-0.2, -0.15) is 0 Å². The quantitative estimate of drug-likeness (QED) is 0.580. The third-order valence-electron chi connectivity index (χ3n) is 1.92. The van der Waals surface area contributed by atoms with E-state index >= 15 is 0 Å². The largest absolute Gasteiger partial charge is 0.330 e. The third-order valence-corrected chi connectivity index (χ3v) is 1.92. The van der Waals surface area contributed by atoms with Crippen LogP contribution in [0.1, 0.15) is 25.7 Å². The molecule has 0 spiro atoms. The lowest BCUT2D eigenvalue weighted by atomic mass is 10.1. The molecule has 1 atom stereocenters. The van der Waals surface area contributed by atoms with Crippen LogP contribution in [0, 0.1) is 0 Å². The zero-order valence-corrected chi connectivity index (χ0v) is 5.90. The third kappa shape index (κ3) is 2.33. The Hall–Kier alpha value is -0.0800. The van der Waals surface area contributed by atoms with Crippen molar-refractivity contribution in [3.8, 4) is 0 Å². The van der Waals surface area contributed by atoms with Crippen LogP contribution in [0.4, 0.5) is 0 Å². The second-order valence-corrected chi connectivity index (χ2v) is 2.72. The van der Waals surface area contributed by atoms with Crippen LogP contribution in [-0.4, -0.2) is 19.1 Å². The number of nitrogens with one attached hydrogen (secondary N) is 1. The molecule has 1 saturated heterocycles. The lowest BCUT2D eigenvalue weighted by Gasteiger charge is -2.06. The molecule has 2 heteroatoms. The lowest BCUT2D eigenvalue weighted by Crippen LogP contribution is -2.21. The summed E-state index contributed by atoms with van der Waals surface area (Å²) in [6, 6.07) is 0.786.